The van der Waals surface area contributed by atoms with Crippen LogP contribution in [0.15, 0.2) is 72.9 Å². The number of halogens is 3. The van der Waals surface area contributed by atoms with Crippen LogP contribution < -0.4 is 5.32 Å². The van der Waals surface area contributed by atoms with E-state index in [0.29, 0.717) is 17.8 Å². The summed E-state index contributed by atoms with van der Waals surface area (Å²) in [6.45, 7) is 0.348. The molecule has 0 aliphatic heterocycles. The first kappa shape index (κ1) is 20.3. The predicted molar refractivity (Wildman–Crippen MR) is 101 cm³/mol. The summed E-state index contributed by atoms with van der Waals surface area (Å²) < 4.78 is 38.5. The molecular formula is C22H17F3N2O2. The van der Waals surface area contributed by atoms with Gasteiger partial charge in [-0.25, -0.2) is 0 Å². The second-order valence-electron chi connectivity index (χ2n) is 6.38. The van der Waals surface area contributed by atoms with Gasteiger partial charge in [-0.15, -0.1) is 0 Å². The van der Waals surface area contributed by atoms with Gasteiger partial charge in [0.2, 0.25) is 0 Å². The number of alkyl halides is 3. The van der Waals surface area contributed by atoms with Crippen LogP contribution in [0, 0.1) is 0 Å². The zero-order valence-corrected chi connectivity index (χ0v) is 15.2. The first-order chi connectivity index (χ1) is 13.8. The predicted octanol–water partition coefficient (Wildman–Crippen LogP) is 4.46. The van der Waals surface area contributed by atoms with Crippen LogP contribution in [0.1, 0.15) is 37.5 Å². The van der Waals surface area contributed by atoms with Crippen LogP contribution in [-0.2, 0) is 19.1 Å². The van der Waals surface area contributed by atoms with Gasteiger partial charge in [-0.1, -0.05) is 42.5 Å². The van der Waals surface area contributed by atoms with Crippen molar-refractivity contribution in [3.8, 4) is 0 Å². The Balaban J connectivity index is 1.68. The number of rotatable bonds is 6. The van der Waals surface area contributed by atoms with E-state index in [2.05, 4.69) is 10.3 Å². The molecule has 0 saturated heterocycles. The van der Waals surface area contributed by atoms with Crippen LogP contribution in [0.3, 0.4) is 0 Å². The average Bonchev–Trinajstić information content (AvgIpc) is 2.72. The summed E-state index contributed by atoms with van der Waals surface area (Å²) in [6.07, 6.45) is -3.33. The Kier molecular flexibility index (Phi) is 6.07. The third-order valence-electron chi connectivity index (χ3n) is 4.23. The third-order valence-corrected chi connectivity index (χ3v) is 4.23. The van der Waals surface area contributed by atoms with Crippen molar-refractivity contribution in [2.24, 2.45) is 0 Å². The molecule has 3 rings (SSSR count). The molecule has 2 aromatic carbocycles. The molecule has 1 aromatic heterocycles. The van der Waals surface area contributed by atoms with E-state index in [0.717, 1.165) is 17.7 Å². The standard InChI is InChI=1S/C22H17F3N2O2/c23-22(24,25)18-8-4-7-16(11-18)20(28)13-19-12-17(9-10-26-19)21(29)27-14-15-5-2-1-3-6-15/h1-12H,13-14H2,(H,27,29). The number of nitrogens with one attached hydrogen (secondary N) is 1. The van der Waals surface area contributed by atoms with Crippen molar-refractivity contribution in [3.63, 3.8) is 0 Å². The quantitative estimate of drug-likeness (QED) is 0.624. The largest absolute Gasteiger partial charge is 0.416 e. The Morgan fingerprint density at radius 2 is 1.66 bits per heavy atom. The molecule has 0 aliphatic rings. The van der Waals surface area contributed by atoms with Crippen molar-refractivity contribution < 1.29 is 22.8 Å². The van der Waals surface area contributed by atoms with Crippen molar-refractivity contribution in [2.45, 2.75) is 19.1 Å². The molecule has 0 saturated carbocycles. The Morgan fingerprint density at radius 1 is 0.897 bits per heavy atom. The summed E-state index contributed by atoms with van der Waals surface area (Å²) in [5, 5.41) is 2.77. The molecule has 0 spiro atoms. The molecule has 29 heavy (non-hydrogen) atoms. The Morgan fingerprint density at radius 3 is 2.38 bits per heavy atom. The number of pyridine rings is 1. The molecule has 0 aliphatic carbocycles. The van der Waals surface area contributed by atoms with E-state index in [1.54, 1.807) is 0 Å². The van der Waals surface area contributed by atoms with E-state index >= 15 is 0 Å². The second kappa shape index (κ2) is 8.68. The van der Waals surface area contributed by atoms with Crippen molar-refractivity contribution in [1.82, 2.24) is 10.3 Å². The maximum absolute atomic E-state index is 12.8. The number of Topliss-reactive ketones (excluding diaryl/α,β-unsaturated/α-hetero) is 1. The maximum atomic E-state index is 12.8. The van der Waals surface area contributed by atoms with Crippen LogP contribution in [0.2, 0.25) is 0 Å². The minimum absolute atomic E-state index is 0.0550. The molecule has 0 atom stereocenters. The van der Waals surface area contributed by atoms with E-state index in [9.17, 15) is 22.8 Å². The highest BCUT2D eigenvalue weighted by molar-refractivity contribution is 5.98. The van der Waals surface area contributed by atoms with Crippen LogP contribution >= 0.6 is 0 Å². The molecule has 7 heteroatoms. The van der Waals surface area contributed by atoms with Gasteiger partial charge in [-0.3, -0.25) is 14.6 Å². The average molecular weight is 398 g/mol. The number of aromatic nitrogens is 1. The van der Waals surface area contributed by atoms with E-state index in [-0.39, 0.29) is 17.9 Å². The molecule has 3 aromatic rings. The number of amides is 1. The van der Waals surface area contributed by atoms with Crippen molar-refractivity contribution in [2.75, 3.05) is 0 Å². The van der Waals surface area contributed by atoms with Crippen LogP contribution in [0.25, 0.3) is 0 Å². The first-order valence-corrected chi connectivity index (χ1v) is 8.80. The molecule has 0 radical (unpaired) electrons. The van der Waals surface area contributed by atoms with Gasteiger partial charge in [-0.2, -0.15) is 13.2 Å². The highest BCUT2D eigenvalue weighted by atomic mass is 19.4. The summed E-state index contributed by atoms with van der Waals surface area (Å²) in [5.74, 6) is -0.838. The number of carbonyl (C=O) groups excluding carboxylic acids is 2. The number of nitrogens with zero attached hydrogens (tertiary/aromatic N) is 1. The Bertz CT molecular complexity index is 1020. The second-order valence-corrected chi connectivity index (χ2v) is 6.38. The number of ketones is 1. The fourth-order valence-corrected chi connectivity index (χ4v) is 2.73. The zero-order valence-electron chi connectivity index (χ0n) is 15.2. The first-order valence-electron chi connectivity index (χ1n) is 8.80. The third kappa shape index (κ3) is 5.51. The summed E-state index contributed by atoms with van der Waals surface area (Å²) >= 11 is 0. The van der Waals surface area contributed by atoms with Gasteiger partial charge in [0.15, 0.2) is 5.78 Å². The number of carbonyl (C=O) groups is 2. The normalized spacial score (nSPS) is 11.1. The van der Waals surface area contributed by atoms with E-state index in [1.807, 2.05) is 30.3 Å². The minimum atomic E-state index is -4.52. The molecular weight excluding hydrogens is 381 g/mol. The van der Waals surface area contributed by atoms with Crippen molar-refractivity contribution in [3.05, 3.63) is 101 Å². The lowest BCUT2D eigenvalue weighted by Gasteiger charge is -2.09. The van der Waals surface area contributed by atoms with Crippen LogP contribution in [-0.4, -0.2) is 16.7 Å². The molecule has 0 bridgehead atoms. The molecule has 1 N–H and O–H groups in total. The molecule has 0 fully saturated rings. The van der Waals surface area contributed by atoms with Gasteiger partial charge < -0.3 is 5.32 Å². The van der Waals surface area contributed by atoms with Crippen molar-refractivity contribution >= 4 is 11.7 Å². The summed E-state index contributed by atoms with van der Waals surface area (Å²) in [6, 6.07) is 16.6. The molecule has 4 nitrogen and oxygen atoms in total. The summed E-state index contributed by atoms with van der Waals surface area (Å²) in [4.78, 5) is 28.8. The highest BCUT2D eigenvalue weighted by Gasteiger charge is 2.30. The lowest BCUT2D eigenvalue weighted by molar-refractivity contribution is -0.137. The number of hydrogen-bond donors (Lipinski definition) is 1. The molecule has 1 amide bonds. The van der Waals surface area contributed by atoms with Gasteiger partial charge in [0, 0.05) is 29.6 Å². The van der Waals surface area contributed by atoms with Gasteiger partial charge in [0.05, 0.1) is 12.0 Å². The van der Waals surface area contributed by atoms with Gasteiger partial charge in [0.25, 0.3) is 5.91 Å². The number of benzene rings is 2. The summed E-state index contributed by atoms with van der Waals surface area (Å²) in [7, 11) is 0. The van der Waals surface area contributed by atoms with Gasteiger partial charge in [-0.05, 0) is 29.8 Å². The summed E-state index contributed by atoms with van der Waals surface area (Å²) in [5.41, 5.74) is 0.628. The van der Waals surface area contributed by atoms with E-state index in [4.69, 9.17) is 0 Å². The maximum Gasteiger partial charge on any atom is 0.416 e. The zero-order chi connectivity index (χ0) is 20.9. The van der Waals surface area contributed by atoms with Crippen molar-refractivity contribution in [1.29, 1.82) is 0 Å². The van der Waals surface area contributed by atoms with Gasteiger partial charge in [0.1, 0.15) is 0 Å². The Hall–Kier alpha value is -3.48. The lowest BCUT2D eigenvalue weighted by atomic mass is 10.0. The monoisotopic (exact) mass is 398 g/mol. The minimum Gasteiger partial charge on any atom is -0.348 e. The molecule has 148 valence electrons. The van der Waals surface area contributed by atoms with Crippen LogP contribution in [0.5, 0.6) is 0 Å². The SMILES string of the molecule is O=C(Cc1cc(C(=O)NCc2ccccc2)ccn1)c1cccc(C(F)(F)F)c1. The van der Waals surface area contributed by atoms with E-state index in [1.165, 1.54) is 30.5 Å². The smallest absolute Gasteiger partial charge is 0.348 e. The molecule has 1 heterocycles. The highest BCUT2D eigenvalue weighted by Crippen LogP contribution is 2.29. The lowest BCUT2D eigenvalue weighted by Crippen LogP contribution is -2.23. The van der Waals surface area contributed by atoms with Gasteiger partial charge >= 0.3 is 6.18 Å². The fraction of sp³-hybridized carbons (Fsp3) is 0.136. The topological polar surface area (TPSA) is 59.1 Å². The Labute approximate surface area is 165 Å². The molecule has 0 unspecified atom stereocenters. The fourth-order valence-electron chi connectivity index (χ4n) is 2.73. The van der Waals surface area contributed by atoms with Crippen LogP contribution in [0.4, 0.5) is 13.2 Å². The number of hydrogen-bond acceptors (Lipinski definition) is 3. The van der Waals surface area contributed by atoms with E-state index < -0.39 is 17.5 Å².